The Hall–Kier alpha value is -0.990. The molecule has 0 radical (unpaired) electrons. The third kappa shape index (κ3) is 3.49. The van der Waals surface area contributed by atoms with E-state index in [1.54, 1.807) is 13.2 Å². The van der Waals surface area contributed by atoms with E-state index in [0.29, 0.717) is 6.42 Å². The average Bonchev–Trinajstić information content (AvgIpc) is 2.15. The lowest BCUT2D eigenvalue weighted by atomic mass is 9.99. The summed E-state index contributed by atoms with van der Waals surface area (Å²) in [6, 6.07) is 0. The van der Waals surface area contributed by atoms with Crippen LogP contribution in [0.2, 0.25) is 0 Å². The summed E-state index contributed by atoms with van der Waals surface area (Å²) in [5, 5.41) is 8.66. The Morgan fingerprint density at radius 1 is 1.77 bits per heavy atom. The second kappa shape index (κ2) is 4.90. The van der Waals surface area contributed by atoms with Gasteiger partial charge in [0.25, 0.3) is 0 Å². The van der Waals surface area contributed by atoms with Crippen LogP contribution in [0.3, 0.4) is 0 Å². The van der Waals surface area contributed by atoms with E-state index in [1.165, 1.54) is 5.57 Å². The molecule has 0 aromatic heterocycles. The summed E-state index contributed by atoms with van der Waals surface area (Å²) in [6.45, 7) is 2.55. The Morgan fingerprint density at radius 3 is 3.08 bits per heavy atom. The maximum Gasteiger partial charge on any atom is 0.306 e. The van der Waals surface area contributed by atoms with Gasteiger partial charge in [-0.1, -0.05) is 6.92 Å². The maximum absolute atomic E-state index is 10.5. The second-order valence-corrected chi connectivity index (χ2v) is 3.53. The first-order valence-corrected chi connectivity index (χ1v) is 4.72. The van der Waals surface area contributed by atoms with Crippen LogP contribution < -0.4 is 0 Å². The van der Waals surface area contributed by atoms with Crippen molar-refractivity contribution in [3.8, 4) is 0 Å². The molecule has 3 nitrogen and oxygen atoms in total. The van der Waals surface area contributed by atoms with Crippen molar-refractivity contribution in [1.29, 1.82) is 0 Å². The van der Waals surface area contributed by atoms with Gasteiger partial charge in [-0.15, -0.1) is 0 Å². The lowest BCUT2D eigenvalue weighted by molar-refractivity contribution is -0.141. The zero-order chi connectivity index (χ0) is 9.68. The summed E-state index contributed by atoms with van der Waals surface area (Å²) < 4.78 is 5.17. The molecule has 0 bridgehead atoms. The normalized spacial score (nSPS) is 18.7. The molecule has 0 aliphatic carbocycles. The smallest absolute Gasteiger partial charge is 0.306 e. The highest BCUT2D eigenvalue weighted by Gasteiger charge is 2.12. The molecule has 0 saturated carbocycles. The van der Waals surface area contributed by atoms with E-state index in [4.69, 9.17) is 9.84 Å². The monoisotopic (exact) mass is 184 g/mol. The van der Waals surface area contributed by atoms with Gasteiger partial charge in [-0.3, -0.25) is 4.79 Å². The molecule has 1 unspecified atom stereocenters. The molecular weight excluding hydrogens is 168 g/mol. The van der Waals surface area contributed by atoms with Crippen LogP contribution in [0, 0.1) is 5.92 Å². The molecule has 0 spiro atoms. The number of allylic oxidation sites excluding steroid dienone is 1. The van der Waals surface area contributed by atoms with E-state index in [2.05, 4.69) is 0 Å². The predicted molar refractivity (Wildman–Crippen MR) is 49.3 cm³/mol. The predicted octanol–water partition coefficient (Wildman–Crippen LogP) is 2.18. The van der Waals surface area contributed by atoms with Crippen LogP contribution in [0.15, 0.2) is 11.8 Å². The van der Waals surface area contributed by atoms with E-state index in [9.17, 15) is 4.79 Å². The second-order valence-electron chi connectivity index (χ2n) is 3.53. The molecule has 1 N–H and O–H groups in total. The molecular formula is C10H16O3. The molecule has 1 heterocycles. The largest absolute Gasteiger partial charge is 0.501 e. The van der Waals surface area contributed by atoms with Crippen LogP contribution in [0.1, 0.15) is 32.6 Å². The number of ether oxygens (including phenoxy) is 1. The van der Waals surface area contributed by atoms with Crippen molar-refractivity contribution in [3.05, 3.63) is 11.8 Å². The van der Waals surface area contributed by atoms with Gasteiger partial charge in [-0.2, -0.15) is 0 Å². The molecule has 0 aromatic carbocycles. The van der Waals surface area contributed by atoms with Gasteiger partial charge >= 0.3 is 5.97 Å². The summed E-state index contributed by atoms with van der Waals surface area (Å²) in [6.07, 6.45) is 5.48. The zero-order valence-corrected chi connectivity index (χ0v) is 7.95. The van der Waals surface area contributed by atoms with Crippen LogP contribution in [0.5, 0.6) is 0 Å². The highest BCUT2D eigenvalue weighted by atomic mass is 16.5. The molecule has 13 heavy (non-hydrogen) atoms. The van der Waals surface area contributed by atoms with Gasteiger partial charge in [0.05, 0.1) is 18.8 Å². The van der Waals surface area contributed by atoms with Crippen molar-refractivity contribution in [1.82, 2.24) is 0 Å². The molecule has 1 rings (SSSR count). The number of hydrogen-bond donors (Lipinski definition) is 1. The minimum absolute atomic E-state index is 0.247. The number of carboxylic acid groups (broad SMARTS) is 1. The first kappa shape index (κ1) is 10.1. The lowest BCUT2D eigenvalue weighted by Gasteiger charge is -2.14. The summed E-state index contributed by atoms with van der Waals surface area (Å²) in [4.78, 5) is 10.5. The quantitative estimate of drug-likeness (QED) is 0.728. The van der Waals surface area contributed by atoms with E-state index in [-0.39, 0.29) is 5.92 Å². The number of carboxylic acids is 1. The number of rotatable bonds is 4. The van der Waals surface area contributed by atoms with E-state index in [0.717, 1.165) is 25.9 Å². The molecule has 0 aromatic rings. The third-order valence-electron chi connectivity index (χ3n) is 2.33. The number of aliphatic carboxylic acids is 1. The van der Waals surface area contributed by atoms with Crippen molar-refractivity contribution >= 4 is 5.97 Å². The Morgan fingerprint density at radius 2 is 2.54 bits per heavy atom. The highest BCUT2D eigenvalue weighted by molar-refractivity contribution is 5.69. The molecule has 0 saturated heterocycles. The van der Waals surface area contributed by atoms with Crippen LogP contribution in [-0.2, 0) is 9.53 Å². The third-order valence-corrected chi connectivity index (χ3v) is 2.33. The zero-order valence-electron chi connectivity index (χ0n) is 7.95. The summed E-state index contributed by atoms with van der Waals surface area (Å²) in [5.74, 6) is -0.958. The minimum Gasteiger partial charge on any atom is -0.501 e. The van der Waals surface area contributed by atoms with Crippen LogP contribution in [0.4, 0.5) is 0 Å². The van der Waals surface area contributed by atoms with Crippen LogP contribution in [-0.4, -0.2) is 17.7 Å². The molecule has 1 aliphatic heterocycles. The molecule has 74 valence electrons. The van der Waals surface area contributed by atoms with Gasteiger partial charge in [0.1, 0.15) is 0 Å². The highest BCUT2D eigenvalue weighted by Crippen LogP contribution is 2.19. The fourth-order valence-corrected chi connectivity index (χ4v) is 1.33. The lowest BCUT2D eigenvalue weighted by Crippen LogP contribution is -2.10. The Balaban J connectivity index is 2.25. The Labute approximate surface area is 78.4 Å². The van der Waals surface area contributed by atoms with Gasteiger partial charge in [0, 0.05) is 0 Å². The number of carbonyl (C=O) groups is 1. The van der Waals surface area contributed by atoms with Crippen molar-refractivity contribution in [2.24, 2.45) is 5.92 Å². The number of hydrogen-bond acceptors (Lipinski definition) is 2. The van der Waals surface area contributed by atoms with Gasteiger partial charge in [-0.05, 0) is 31.3 Å². The molecule has 1 aliphatic rings. The van der Waals surface area contributed by atoms with E-state index >= 15 is 0 Å². The van der Waals surface area contributed by atoms with Crippen LogP contribution >= 0.6 is 0 Å². The summed E-state index contributed by atoms with van der Waals surface area (Å²) in [7, 11) is 0. The van der Waals surface area contributed by atoms with Crippen molar-refractivity contribution in [3.63, 3.8) is 0 Å². The van der Waals surface area contributed by atoms with Gasteiger partial charge < -0.3 is 9.84 Å². The van der Waals surface area contributed by atoms with Crippen molar-refractivity contribution in [2.75, 3.05) is 6.61 Å². The average molecular weight is 184 g/mol. The van der Waals surface area contributed by atoms with Crippen molar-refractivity contribution < 1.29 is 14.6 Å². The molecule has 0 amide bonds. The SMILES string of the molecule is CC(CCC1=COCCC1)C(=O)O. The standard InChI is InChI=1S/C10H16O3/c1-8(10(11)12)4-5-9-3-2-6-13-7-9/h7-8H,2-6H2,1H3,(H,11,12). The fourth-order valence-electron chi connectivity index (χ4n) is 1.33. The van der Waals surface area contributed by atoms with Gasteiger partial charge in [0.2, 0.25) is 0 Å². The summed E-state index contributed by atoms with van der Waals surface area (Å²) in [5.41, 5.74) is 1.25. The Bertz CT molecular complexity index is 208. The molecule has 1 atom stereocenters. The molecule has 3 heteroatoms. The van der Waals surface area contributed by atoms with E-state index < -0.39 is 5.97 Å². The van der Waals surface area contributed by atoms with E-state index in [1.807, 2.05) is 0 Å². The summed E-state index contributed by atoms with van der Waals surface area (Å²) >= 11 is 0. The fraction of sp³-hybridized carbons (Fsp3) is 0.700. The van der Waals surface area contributed by atoms with Crippen molar-refractivity contribution in [2.45, 2.75) is 32.6 Å². The minimum atomic E-state index is -0.711. The van der Waals surface area contributed by atoms with Gasteiger partial charge in [-0.25, -0.2) is 0 Å². The van der Waals surface area contributed by atoms with Gasteiger partial charge in [0.15, 0.2) is 0 Å². The maximum atomic E-state index is 10.5. The first-order valence-electron chi connectivity index (χ1n) is 4.72. The first-order chi connectivity index (χ1) is 6.20. The molecule has 0 fully saturated rings. The van der Waals surface area contributed by atoms with Crippen LogP contribution in [0.25, 0.3) is 0 Å². The topological polar surface area (TPSA) is 46.5 Å². The Kier molecular flexibility index (Phi) is 3.80.